The van der Waals surface area contributed by atoms with Crippen molar-refractivity contribution in [2.45, 2.75) is 46.2 Å². The van der Waals surface area contributed by atoms with Gasteiger partial charge < -0.3 is 11.1 Å². The van der Waals surface area contributed by atoms with Gasteiger partial charge in [-0.15, -0.1) is 0 Å². The molecule has 2 heteroatoms. The third-order valence-corrected chi connectivity index (χ3v) is 1.88. The van der Waals surface area contributed by atoms with Gasteiger partial charge in [-0.2, -0.15) is 0 Å². The molecule has 0 aromatic rings. The normalized spacial score (nSPS) is 15.5. The molecular weight excluding hydrogens is 136 g/mol. The molecule has 0 aliphatic heterocycles. The Morgan fingerprint density at radius 3 is 2.00 bits per heavy atom. The van der Waals surface area contributed by atoms with E-state index in [1.165, 1.54) is 0 Å². The maximum absolute atomic E-state index is 5.82. The molecule has 0 spiro atoms. The molecule has 0 saturated carbocycles. The Hall–Kier alpha value is -0.0800. The molecule has 0 aromatic heterocycles. The van der Waals surface area contributed by atoms with E-state index in [0.717, 1.165) is 6.54 Å². The summed E-state index contributed by atoms with van der Waals surface area (Å²) < 4.78 is 0. The van der Waals surface area contributed by atoms with Crippen LogP contribution in [0.4, 0.5) is 0 Å². The Morgan fingerprint density at radius 2 is 1.73 bits per heavy atom. The third-order valence-electron chi connectivity index (χ3n) is 1.88. The van der Waals surface area contributed by atoms with Gasteiger partial charge in [0.1, 0.15) is 0 Å². The van der Waals surface area contributed by atoms with Crippen molar-refractivity contribution in [3.05, 3.63) is 0 Å². The van der Waals surface area contributed by atoms with Crippen molar-refractivity contribution in [3.8, 4) is 0 Å². The van der Waals surface area contributed by atoms with E-state index in [2.05, 4.69) is 26.1 Å². The fourth-order valence-corrected chi connectivity index (χ4v) is 0.660. The monoisotopic (exact) mass is 158 g/mol. The highest BCUT2D eigenvalue weighted by Gasteiger charge is 2.13. The lowest BCUT2D eigenvalue weighted by atomic mass is 10.0. The molecular formula is C9H22N2. The van der Waals surface area contributed by atoms with Crippen molar-refractivity contribution in [2.75, 3.05) is 6.54 Å². The van der Waals surface area contributed by atoms with E-state index >= 15 is 0 Å². The first-order chi connectivity index (χ1) is 4.83. The molecule has 0 aliphatic carbocycles. The van der Waals surface area contributed by atoms with Crippen molar-refractivity contribution in [1.82, 2.24) is 5.32 Å². The highest BCUT2D eigenvalue weighted by molar-refractivity contribution is 4.77. The lowest BCUT2D eigenvalue weighted by molar-refractivity contribution is 0.374. The quantitative estimate of drug-likeness (QED) is 0.648. The van der Waals surface area contributed by atoms with Gasteiger partial charge in [-0.3, -0.25) is 0 Å². The fraction of sp³-hybridized carbons (Fsp3) is 1.00. The molecule has 11 heavy (non-hydrogen) atoms. The molecule has 0 aliphatic rings. The summed E-state index contributed by atoms with van der Waals surface area (Å²) in [7, 11) is 0. The Kier molecular flexibility index (Phi) is 4.04. The number of rotatable bonds is 4. The zero-order valence-electron chi connectivity index (χ0n) is 8.44. The van der Waals surface area contributed by atoms with Gasteiger partial charge in [0.05, 0.1) is 0 Å². The zero-order chi connectivity index (χ0) is 9.07. The van der Waals surface area contributed by atoms with Crippen LogP contribution in [0.2, 0.25) is 0 Å². The van der Waals surface area contributed by atoms with Crippen LogP contribution < -0.4 is 11.1 Å². The Balaban J connectivity index is 3.54. The standard InChI is InChI=1S/C9H22N2/c1-7(2)8(3)11-6-9(4,5)10/h7-8,11H,6,10H2,1-5H3. The van der Waals surface area contributed by atoms with Crippen molar-refractivity contribution in [2.24, 2.45) is 11.7 Å². The van der Waals surface area contributed by atoms with E-state index in [1.54, 1.807) is 0 Å². The number of hydrogen-bond acceptors (Lipinski definition) is 2. The first-order valence-corrected chi connectivity index (χ1v) is 4.35. The van der Waals surface area contributed by atoms with Crippen molar-refractivity contribution < 1.29 is 0 Å². The molecule has 0 amide bonds. The predicted octanol–water partition coefficient (Wildman–Crippen LogP) is 1.36. The smallest absolute Gasteiger partial charge is 0.0223 e. The van der Waals surface area contributed by atoms with Gasteiger partial charge in [0.25, 0.3) is 0 Å². The van der Waals surface area contributed by atoms with E-state index in [1.807, 2.05) is 13.8 Å². The number of nitrogens with two attached hydrogens (primary N) is 1. The van der Waals surface area contributed by atoms with Crippen LogP contribution in [0.25, 0.3) is 0 Å². The molecule has 3 N–H and O–H groups in total. The van der Waals surface area contributed by atoms with E-state index in [9.17, 15) is 0 Å². The second-order valence-corrected chi connectivity index (χ2v) is 4.40. The van der Waals surface area contributed by atoms with Crippen LogP contribution in [0.3, 0.4) is 0 Å². The summed E-state index contributed by atoms with van der Waals surface area (Å²) in [6, 6.07) is 0.554. The largest absolute Gasteiger partial charge is 0.324 e. The van der Waals surface area contributed by atoms with Crippen LogP contribution in [0.1, 0.15) is 34.6 Å². The number of nitrogens with one attached hydrogen (secondary N) is 1. The van der Waals surface area contributed by atoms with Gasteiger partial charge in [0.15, 0.2) is 0 Å². The summed E-state index contributed by atoms with van der Waals surface area (Å²) in [5.74, 6) is 0.678. The SMILES string of the molecule is CC(C)C(C)NCC(C)(C)N. The molecule has 0 aromatic carbocycles. The van der Waals surface area contributed by atoms with Crippen molar-refractivity contribution in [3.63, 3.8) is 0 Å². The van der Waals surface area contributed by atoms with Crippen LogP contribution in [-0.4, -0.2) is 18.1 Å². The predicted molar refractivity (Wildman–Crippen MR) is 50.6 cm³/mol. The van der Waals surface area contributed by atoms with E-state index in [4.69, 9.17) is 5.73 Å². The molecule has 2 nitrogen and oxygen atoms in total. The summed E-state index contributed by atoms with van der Waals surface area (Å²) in [5.41, 5.74) is 5.73. The van der Waals surface area contributed by atoms with Gasteiger partial charge in [-0.25, -0.2) is 0 Å². The molecule has 0 radical (unpaired) electrons. The van der Waals surface area contributed by atoms with Crippen LogP contribution in [0.15, 0.2) is 0 Å². The van der Waals surface area contributed by atoms with Crippen LogP contribution >= 0.6 is 0 Å². The summed E-state index contributed by atoms with van der Waals surface area (Å²) in [4.78, 5) is 0. The summed E-state index contributed by atoms with van der Waals surface area (Å²) in [6.07, 6.45) is 0. The lowest BCUT2D eigenvalue weighted by Crippen LogP contribution is -2.46. The van der Waals surface area contributed by atoms with Gasteiger partial charge in [-0.1, -0.05) is 13.8 Å². The minimum atomic E-state index is -0.0941. The van der Waals surface area contributed by atoms with E-state index in [0.29, 0.717) is 12.0 Å². The Morgan fingerprint density at radius 1 is 1.27 bits per heavy atom. The maximum atomic E-state index is 5.82. The minimum Gasteiger partial charge on any atom is -0.324 e. The summed E-state index contributed by atoms with van der Waals surface area (Å²) in [5, 5.41) is 3.40. The molecule has 0 saturated heterocycles. The molecule has 0 fully saturated rings. The molecule has 1 atom stereocenters. The molecule has 1 unspecified atom stereocenters. The zero-order valence-corrected chi connectivity index (χ0v) is 8.44. The highest BCUT2D eigenvalue weighted by atomic mass is 15.0. The first-order valence-electron chi connectivity index (χ1n) is 4.35. The van der Waals surface area contributed by atoms with Gasteiger partial charge in [-0.05, 0) is 26.7 Å². The molecule has 0 bridgehead atoms. The number of hydrogen-bond donors (Lipinski definition) is 2. The van der Waals surface area contributed by atoms with Gasteiger partial charge in [0, 0.05) is 18.1 Å². The van der Waals surface area contributed by atoms with Crippen molar-refractivity contribution >= 4 is 0 Å². The third kappa shape index (κ3) is 6.32. The van der Waals surface area contributed by atoms with Crippen LogP contribution in [-0.2, 0) is 0 Å². The summed E-state index contributed by atoms with van der Waals surface area (Å²) >= 11 is 0. The average Bonchev–Trinajstić information content (AvgIpc) is 1.80. The average molecular weight is 158 g/mol. The maximum Gasteiger partial charge on any atom is 0.0223 e. The van der Waals surface area contributed by atoms with Crippen molar-refractivity contribution in [1.29, 1.82) is 0 Å². The molecule has 68 valence electrons. The van der Waals surface area contributed by atoms with Gasteiger partial charge >= 0.3 is 0 Å². The van der Waals surface area contributed by atoms with Gasteiger partial charge in [0.2, 0.25) is 0 Å². The minimum absolute atomic E-state index is 0.0941. The first kappa shape index (κ1) is 10.9. The Bertz CT molecular complexity index is 103. The van der Waals surface area contributed by atoms with E-state index < -0.39 is 0 Å². The Labute approximate surface area is 70.5 Å². The van der Waals surface area contributed by atoms with E-state index in [-0.39, 0.29) is 5.54 Å². The molecule has 0 heterocycles. The summed E-state index contributed by atoms with van der Waals surface area (Å²) in [6.45, 7) is 11.6. The second kappa shape index (κ2) is 4.07. The van der Waals surface area contributed by atoms with Crippen LogP contribution in [0, 0.1) is 5.92 Å². The fourth-order valence-electron chi connectivity index (χ4n) is 0.660. The second-order valence-electron chi connectivity index (χ2n) is 4.40. The highest BCUT2D eigenvalue weighted by Crippen LogP contribution is 2.01. The van der Waals surface area contributed by atoms with Crippen LogP contribution in [0.5, 0.6) is 0 Å². The molecule has 0 rings (SSSR count). The topological polar surface area (TPSA) is 38.0 Å². The lowest BCUT2D eigenvalue weighted by Gasteiger charge is -2.24.